The minimum atomic E-state index is -0.409. The molecular weight excluding hydrogens is 361 g/mol. The molecule has 0 unspecified atom stereocenters. The van der Waals surface area contributed by atoms with Gasteiger partial charge in [0.05, 0.1) is 12.7 Å². The first-order valence-corrected chi connectivity index (χ1v) is 8.81. The molecule has 2 aromatic carbocycles. The Morgan fingerprint density at radius 3 is 2.46 bits per heavy atom. The summed E-state index contributed by atoms with van der Waals surface area (Å²) in [6.45, 7) is 4.00. The van der Waals surface area contributed by atoms with Crippen LogP contribution in [0.4, 0.5) is 4.39 Å². The third-order valence-corrected chi connectivity index (χ3v) is 4.32. The summed E-state index contributed by atoms with van der Waals surface area (Å²) in [4.78, 5) is 0. The highest BCUT2D eigenvalue weighted by molar-refractivity contribution is 5.78. The smallest absolute Gasteiger partial charge is 0.254 e. The lowest BCUT2D eigenvalue weighted by Gasteiger charge is -2.05. The Balaban J connectivity index is 1.84. The SMILES string of the molecule is COc1cc(F)ccc1-c1nnc(-c2c(-c3ccccc3)noc2C(C)C)o1. The molecule has 0 spiro atoms. The predicted octanol–water partition coefficient (Wildman–Crippen LogP) is 5.33. The van der Waals surface area contributed by atoms with Crippen molar-refractivity contribution in [3.05, 3.63) is 60.1 Å². The lowest BCUT2D eigenvalue weighted by molar-refractivity contribution is 0.373. The van der Waals surface area contributed by atoms with Gasteiger partial charge >= 0.3 is 0 Å². The molecule has 0 saturated carbocycles. The summed E-state index contributed by atoms with van der Waals surface area (Å²) in [6, 6.07) is 13.8. The molecule has 4 aromatic rings. The minimum absolute atomic E-state index is 0.0654. The van der Waals surface area contributed by atoms with Crippen LogP contribution in [0.15, 0.2) is 57.5 Å². The number of rotatable bonds is 5. The average Bonchev–Trinajstić information content (AvgIpc) is 3.35. The standard InChI is InChI=1S/C21H18FN3O3/c1-12(2)19-17(18(25-28-19)13-7-5-4-6-8-13)21-24-23-20(27-21)15-10-9-14(22)11-16(15)26-3/h4-12H,1-3H3. The van der Waals surface area contributed by atoms with Crippen molar-refractivity contribution in [1.82, 2.24) is 15.4 Å². The largest absolute Gasteiger partial charge is 0.496 e. The van der Waals surface area contributed by atoms with Crippen LogP contribution in [0, 0.1) is 5.82 Å². The topological polar surface area (TPSA) is 74.2 Å². The Morgan fingerprint density at radius 2 is 1.75 bits per heavy atom. The van der Waals surface area contributed by atoms with E-state index in [9.17, 15) is 4.39 Å². The second kappa shape index (κ2) is 7.26. The van der Waals surface area contributed by atoms with E-state index in [4.69, 9.17) is 13.7 Å². The summed E-state index contributed by atoms with van der Waals surface area (Å²) < 4.78 is 30.2. The minimum Gasteiger partial charge on any atom is -0.496 e. The highest BCUT2D eigenvalue weighted by Crippen LogP contribution is 2.39. The van der Waals surface area contributed by atoms with Crippen LogP contribution in [-0.4, -0.2) is 22.5 Å². The molecule has 2 heterocycles. The number of hydrogen-bond donors (Lipinski definition) is 0. The second-order valence-corrected chi connectivity index (χ2v) is 6.55. The first-order chi connectivity index (χ1) is 13.6. The summed E-state index contributed by atoms with van der Waals surface area (Å²) in [5, 5.41) is 12.6. The number of methoxy groups -OCH3 is 1. The van der Waals surface area contributed by atoms with E-state index in [-0.39, 0.29) is 17.7 Å². The molecule has 0 aliphatic carbocycles. The van der Waals surface area contributed by atoms with Gasteiger partial charge in [0.1, 0.15) is 22.8 Å². The van der Waals surface area contributed by atoms with Gasteiger partial charge in [0, 0.05) is 17.5 Å². The number of ether oxygens (including phenoxy) is 1. The summed E-state index contributed by atoms with van der Waals surface area (Å²) in [6.07, 6.45) is 0. The lowest BCUT2D eigenvalue weighted by atomic mass is 10.0. The number of aromatic nitrogens is 3. The normalized spacial score (nSPS) is 11.2. The van der Waals surface area contributed by atoms with E-state index in [2.05, 4.69) is 15.4 Å². The van der Waals surface area contributed by atoms with Crippen LogP contribution in [0.1, 0.15) is 25.5 Å². The van der Waals surface area contributed by atoms with Crippen LogP contribution in [0.2, 0.25) is 0 Å². The van der Waals surface area contributed by atoms with Crippen molar-refractivity contribution in [2.24, 2.45) is 0 Å². The van der Waals surface area contributed by atoms with Crippen molar-refractivity contribution in [2.75, 3.05) is 7.11 Å². The fourth-order valence-corrected chi connectivity index (χ4v) is 2.97. The molecule has 28 heavy (non-hydrogen) atoms. The van der Waals surface area contributed by atoms with Crippen molar-refractivity contribution >= 4 is 0 Å². The van der Waals surface area contributed by atoms with Gasteiger partial charge in [-0.2, -0.15) is 0 Å². The van der Waals surface area contributed by atoms with Crippen LogP contribution in [0.3, 0.4) is 0 Å². The van der Waals surface area contributed by atoms with Crippen LogP contribution >= 0.6 is 0 Å². The number of benzene rings is 2. The zero-order valence-electron chi connectivity index (χ0n) is 15.6. The van der Waals surface area contributed by atoms with Gasteiger partial charge in [0.15, 0.2) is 5.76 Å². The van der Waals surface area contributed by atoms with Gasteiger partial charge in [-0.25, -0.2) is 4.39 Å². The molecule has 0 aliphatic heterocycles. The van der Waals surface area contributed by atoms with Crippen molar-refractivity contribution in [2.45, 2.75) is 19.8 Å². The molecule has 0 radical (unpaired) electrons. The second-order valence-electron chi connectivity index (χ2n) is 6.55. The molecule has 0 atom stereocenters. The van der Waals surface area contributed by atoms with Crippen molar-refractivity contribution in [3.63, 3.8) is 0 Å². The van der Waals surface area contributed by atoms with Crippen LogP contribution < -0.4 is 4.74 Å². The summed E-state index contributed by atoms with van der Waals surface area (Å²) in [7, 11) is 1.46. The van der Waals surface area contributed by atoms with Crippen molar-refractivity contribution in [3.8, 4) is 39.9 Å². The number of nitrogens with zero attached hydrogens (tertiary/aromatic N) is 3. The lowest BCUT2D eigenvalue weighted by Crippen LogP contribution is -1.90. The Kier molecular flexibility index (Phi) is 4.65. The zero-order valence-corrected chi connectivity index (χ0v) is 15.6. The first-order valence-electron chi connectivity index (χ1n) is 8.81. The molecule has 2 aromatic heterocycles. The van der Waals surface area contributed by atoms with Crippen LogP contribution in [-0.2, 0) is 0 Å². The molecule has 0 saturated heterocycles. The van der Waals surface area contributed by atoms with E-state index in [0.29, 0.717) is 28.3 Å². The van der Waals surface area contributed by atoms with E-state index < -0.39 is 5.82 Å². The van der Waals surface area contributed by atoms with Gasteiger partial charge < -0.3 is 13.7 Å². The highest BCUT2D eigenvalue weighted by atomic mass is 19.1. The quantitative estimate of drug-likeness (QED) is 0.467. The maximum Gasteiger partial charge on any atom is 0.254 e. The van der Waals surface area contributed by atoms with Gasteiger partial charge in [-0.1, -0.05) is 49.3 Å². The molecule has 6 nitrogen and oxygen atoms in total. The maximum atomic E-state index is 13.5. The van der Waals surface area contributed by atoms with E-state index >= 15 is 0 Å². The Hall–Kier alpha value is -3.48. The number of halogens is 1. The summed E-state index contributed by atoms with van der Waals surface area (Å²) in [5.74, 6) is 1.13. The summed E-state index contributed by atoms with van der Waals surface area (Å²) in [5.41, 5.74) is 2.67. The van der Waals surface area contributed by atoms with Gasteiger partial charge in [-0.05, 0) is 12.1 Å². The Morgan fingerprint density at radius 1 is 1.00 bits per heavy atom. The molecule has 0 N–H and O–H groups in total. The summed E-state index contributed by atoms with van der Waals surface area (Å²) >= 11 is 0. The van der Waals surface area contributed by atoms with E-state index in [0.717, 1.165) is 5.56 Å². The first kappa shape index (κ1) is 17.9. The van der Waals surface area contributed by atoms with Gasteiger partial charge in [-0.3, -0.25) is 0 Å². The molecule has 142 valence electrons. The van der Waals surface area contributed by atoms with E-state index in [1.807, 2.05) is 44.2 Å². The third-order valence-electron chi connectivity index (χ3n) is 4.32. The highest BCUT2D eigenvalue weighted by Gasteiger charge is 2.26. The molecule has 7 heteroatoms. The predicted molar refractivity (Wildman–Crippen MR) is 101 cm³/mol. The third kappa shape index (κ3) is 3.15. The van der Waals surface area contributed by atoms with E-state index in [1.54, 1.807) is 6.07 Å². The van der Waals surface area contributed by atoms with Crippen LogP contribution in [0.5, 0.6) is 5.75 Å². The molecule has 0 fully saturated rings. The molecule has 0 amide bonds. The fourth-order valence-electron chi connectivity index (χ4n) is 2.97. The van der Waals surface area contributed by atoms with Gasteiger partial charge in [0.2, 0.25) is 0 Å². The van der Waals surface area contributed by atoms with Gasteiger partial charge in [-0.15, -0.1) is 10.2 Å². The van der Waals surface area contributed by atoms with Crippen molar-refractivity contribution < 1.29 is 18.1 Å². The Bertz CT molecular complexity index is 1100. The zero-order chi connectivity index (χ0) is 19.7. The molecule has 0 bridgehead atoms. The monoisotopic (exact) mass is 379 g/mol. The molecule has 0 aliphatic rings. The van der Waals surface area contributed by atoms with Crippen LogP contribution in [0.25, 0.3) is 34.2 Å². The average molecular weight is 379 g/mol. The van der Waals surface area contributed by atoms with Crippen molar-refractivity contribution in [1.29, 1.82) is 0 Å². The maximum absolute atomic E-state index is 13.5. The molecular formula is C21H18FN3O3. The Labute approximate surface area is 161 Å². The molecule has 4 rings (SSSR count). The van der Waals surface area contributed by atoms with Gasteiger partial charge in [0.25, 0.3) is 11.8 Å². The number of hydrogen-bond acceptors (Lipinski definition) is 6. The fraction of sp³-hybridized carbons (Fsp3) is 0.190. The van der Waals surface area contributed by atoms with E-state index in [1.165, 1.54) is 19.2 Å².